The smallest absolute Gasteiger partial charge is 0.252 e. The Morgan fingerprint density at radius 3 is 2.53 bits per heavy atom. The molecule has 1 heterocycles. The van der Waals surface area contributed by atoms with Gasteiger partial charge in [-0.3, -0.25) is 0 Å². The molecule has 0 spiro atoms. The molecule has 1 aliphatic carbocycles. The van der Waals surface area contributed by atoms with Crippen molar-refractivity contribution in [2.24, 2.45) is 5.92 Å². The number of hydrogen-bond donors (Lipinski definition) is 1. The molecule has 1 N–H and O–H groups in total. The Morgan fingerprint density at radius 2 is 2.00 bits per heavy atom. The van der Waals surface area contributed by atoms with Gasteiger partial charge in [0.05, 0.1) is 6.61 Å². The summed E-state index contributed by atoms with van der Waals surface area (Å²) in [4.78, 5) is 0. The maximum absolute atomic E-state index is 12.5. The molecule has 108 valence electrons. The molecule has 6 heteroatoms. The zero-order chi connectivity index (χ0) is 14.0. The topological polar surface area (TPSA) is 57.6 Å². The van der Waals surface area contributed by atoms with Gasteiger partial charge < -0.3 is 5.11 Å². The number of nitrogens with zero attached hydrogens (tertiary/aromatic N) is 1. The lowest BCUT2D eigenvalue weighted by Gasteiger charge is -2.32. The zero-order valence-corrected chi connectivity index (χ0v) is 13.0. The van der Waals surface area contributed by atoms with E-state index in [-0.39, 0.29) is 12.6 Å². The minimum absolute atomic E-state index is 0.112. The molecule has 0 atom stereocenters. The van der Waals surface area contributed by atoms with Gasteiger partial charge in [-0.25, -0.2) is 8.42 Å². The van der Waals surface area contributed by atoms with Gasteiger partial charge >= 0.3 is 0 Å². The second kappa shape index (κ2) is 5.91. The van der Waals surface area contributed by atoms with Crippen LogP contribution in [0.5, 0.6) is 0 Å². The van der Waals surface area contributed by atoms with Crippen molar-refractivity contribution in [1.29, 1.82) is 0 Å². The number of thiophene rings is 1. The average Bonchev–Trinajstić information content (AvgIpc) is 2.88. The van der Waals surface area contributed by atoms with Gasteiger partial charge in [-0.2, -0.15) is 4.31 Å². The van der Waals surface area contributed by atoms with Gasteiger partial charge in [-0.15, -0.1) is 11.3 Å². The zero-order valence-electron chi connectivity index (χ0n) is 11.4. The van der Waals surface area contributed by atoms with Crippen molar-refractivity contribution in [3.05, 3.63) is 17.0 Å². The first-order valence-corrected chi connectivity index (χ1v) is 8.93. The quantitative estimate of drug-likeness (QED) is 0.929. The molecule has 0 unspecified atom stereocenters. The third-order valence-corrected chi connectivity index (χ3v) is 7.32. The van der Waals surface area contributed by atoms with Gasteiger partial charge in [-0.1, -0.05) is 6.92 Å². The van der Waals surface area contributed by atoms with Gasteiger partial charge in [0.2, 0.25) is 0 Å². The van der Waals surface area contributed by atoms with Crippen molar-refractivity contribution in [2.75, 3.05) is 7.05 Å². The second-order valence-electron chi connectivity index (χ2n) is 5.37. The number of rotatable bonds is 4. The van der Waals surface area contributed by atoms with Crippen molar-refractivity contribution in [2.45, 2.75) is 49.5 Å². The van der Waals surface area contributed by atoms with Gasteiger partial charge in [-0.05, 0) is 48.6 Å². The van der Waals surface area contributed by atoms with E-state index in [4.69, 9.17) is 5.11 Å². The lowest BCUT2D eigenvalue weighted by atomic mass is 9.87. The number of aliphatic hydroxyl groups is 1. The summed E-state index contributed by atoms with van der Waals surface area (Å²) in [6, 6.07) is 1.68. The lowest BCUT2D eigenvalue weighted by molar-refractivity contribution is 0.246. The van der Waals surface area contributed by atoms with E-state index in [2.05, 4.69) is 6.92 Å². The molecule has 0 saturated heterocycles. The Balaban J connectivity index is 2.14. The Hall–Kier alpha value is -0.430. The minimum Gasteiger partial charge on any atom is -0.392 e. The molecule has 1 fully saturated rings. The molecular weight excluding hydrogens is 282 g/mol. The first-order valence-electron chi connectivity index (χ1n) is 6.61. The summed E-state index contributed by atoms with van der Waals surface area (Å²) >= 11 is 1.18. The highest BCUT2D eigenvalue weighted by molar-refractivity contribution is 7.91. The highest BCUT2D eigenvalue weighted by Gasteiger charge is 2.31. The summed E-state index contributed by atoms with van der Waals surface area (Å²) in [6.45, 7) is 2.11. The predicted molar refractivity (Wildman–Crippen MR) is 76.6 cm³/mol. The maximum atomic E-state index is 12.5. The molecule has 0 aromatic carbocycles. The summed E-state index contributed by atoms with van der Waals surface area (Å²) in [5.74, 6) is 0.704. The molecular formula is C13H21NO3S2. The average molecular weight is 303 g/mol. The molecule has 1 aliphatic rings. The number of aliphatic hydroxyl groups excluding tert-OH is 1. The Morgan fingerprint density at radius 1 is 1.37 bits per heavy atom. The summed E-state index contributed by atoms with van der Waals surface area (Å²) in [5.41, 5.74) is 0.661. The Kier molecular flexibility index (Phi) is 4.66. The van der Waals surface area contributed by atoms with Crippen LogP contribution in [0.3, 0.4) is 0 Å². The van der Waals surface area contributed by atoms with E-state index in [1.807, 2.05) is 0 Å². The highest BCUT2D eigenvalue weighted by Crippen LogP contribution is 2.31. The lowest BCUT2D eigenvalue weighted by Crippen LogP contribution is -2.38. The standard InChI is InChI=1S/C13H21NO3S2/c1-10-3-5-12(6-4-10)14(2)19(16,17)13-7-11(8-15)9-18-13/h7,9-10,12,15H,3-6,8H2,1-2H3. The minimum atomic E-state index is -3.40. The van der Waals surface area contributed by atoms with E-state index >= 15 is 0 Å². The van der Waals surface area contributed by atoms with E-state index in [0.717, 1.165) is 25.7 Å². The third-order valence-electron chi connectivity index (χ3n) is 3.95. The summed E-state index contributed by atoms with van der Waals surface area (Å²) in [6.07, 6.45) is 4.07. The first kappa shape index (κ1) is 15.0. The van der Waals surface area contributed by atoms with E-state index in [9.17, 15) is 8.42 Å². The van der Waals surface area contributed by atoms with Crippen molar-refractivity contribution in [1.82, 2.24) is 4.31 Å². The number of hydrogen-bond acceptors (Lipinski definition) is 4. The first-order chi connectivity index (χ1) is 8.95. The van der Waals surface area contributed by atoms with E-state index < -0.39 is 10.0 Å². The van der Waals surface area contributed by atoms with Crippen LogP contribution in [0, 0.1) is 5.92 Å². The molecule has 0 radical (unpaired) electrons. The van der Waals surface area contributed by atoms with Gasteiger partial charge in [0, 0.05) is 13.1 Å². The van der Waals surface area contributed by atoms with Crippen LogP contribution in [0.15, 0.2) is 15.7 Å². The molecule has 4 nitrogen and oxygen atoms in total. The molecule has 0 bridgehead atoms. The fourth-order valence-corrected chi connectivity index (χ4v) is 5.32. The highest BCUT2D eigenvalue weighted by atomic mass is 32.2. The molecule has 19 heavy (non-hydrogen) atoms. The van der Waals surface area contributed by atoms with Crippen molar-refractivity contribution in [3.63, 3.8) is 0 Å². The maximum Gasteiger partial charge on any atom is 0.252 e. The SMILES string of the molecule is CC1CCC(N(C)S(=O)(=O)c2cc(CO)cs2)CC1. The predicted octanol–water partition coefficient (Wildman–Crippen LogP) is 2.44. The fourth-order valence-electron chi connectivity index (χ4n) is 2.52. The van der Waals surface area contributed by atoms with Crippen LogP contribution in [0.25, 0.3) is 0 Å². The largest absolute Gasteiger partial charge is 0.392 e. The van der Waals surface area contributed by atoms with E-state index in [0.29, 0.717) is 15.7 Å². The van der Waals surface area contributed by atoms with Gasteiger partial charge in [0.1, 0.15) is 4.21 Å². The second-order valence-corrected chi connectivity index (χ2v) is 8.50. The van der Waals surface area contributed by atoms with E-state index in [1.54, 1.807) is 18.5 Å². The number of sulfonamides is 1. The molecule has 1 aromatic heterocycles. The fraction of sp³-hybridized carbons (Fsp3) is 0.692. The summed E-state index contributed by atoms with van der Waals surface area (Å²) < 4.78 is 26.8. The van der Waals surface area contributed by atoms with Crippen LogP contribution < -0.4 is 0 Å². The van der Waals surface area contributed by atoms with Crippen LogP contribution in [0.4, 0.5) is 0 Å². The molecule has 2 rings (SSSR count). The summed E-state index contributed by atoms with van der Waals surface area (Å²) in [5, 5.41) is 10.7. The van der Waals surface area contributed by atoms with Crippen molar-refractivity contribution < 1.29 is 13.5 Å². The van der Waals surface area contributed by atoms with Crippen molar-refractivity contribution in [3.8, 4) is 0 Å². The Labute approximate surface area is 119 Å². The molecule has 0 aliphatic heterocycles. The normalized spacial score (nSPS) is 24.8. The monoisotopic (exact) mass is 303 g/mol. The van der Waals surface area contributed by atoms with Crippen LogP contribution in [0.1, 0.15) is 38.2 Å². The Bertz CT molecular complexity index is 516. The van der Waals surface area contributed by atoms with Crippen molar-refractivity contribution >= 4 is 21.4 Å². The summed E-state index contributed by atoms with van der Waals surface area (Å²) in [7, 11) is -1.73. The van der Waals surface area contributed by atoms with Gasteiger partial charge in [0.15, 0.2) is 0 Å². The molecule has 0 amide bonds. The van der Waals surface area contributed by atoms with Gasteiger partial charge in [0.25, 0.3) is 10.0 Å². The van der Waals surface area contributed by atoms with Crippen LogP contribution in [-0.4, -0.2) is 30.9 Å². The third kappa shape index (κ3) is 3.18. The van der Waals surface area contributed by atoms with Crippen LogP contribution in [-0.2, 0) is 16.6 Å². The molecule has 1 saturated carbocycles. The molecule has 1 aromatic rings. The van der Waals surface area contributed by atoms with Crippen LogP contribution in [0.2, 0.25) is 0 Å². The van der Waals surface area contributed by atoms with Crippen LogP contribution >= 0.6 is 11.3 Å². The van der Waals surface area contributed by atoms with E-state index in [1.165, 1.54) is 15.6 Å².